The van der Waals surface area contributed by atoms with Crippen LogP contribution in [0.1, 0.15) is 41.5 Å². The first-order valence-corrected chi connectivity index (χ1v) is 9.34. The highest BCUT2D eigenvalue weighted by Gasteiger charge is 2.20. The maximum atomic E-state index is 13.2. The molecule has 29 heavy (non-hydrogen) atoms. The van der Waals surface area contributed by atoms with Crippen molar-refractivity contribution in [2.75, 3.05) is 14.2 Å². The molecule has 3 aromatic rings. The third-order valence-electron chi connectivity index (χ3n) is 4.77. The van der Waals surface area contributed by atoms with Gasteiger partial charge >= 0.3 is 0 Å². The second-order valence-corrected chi connectivity index (χ2v) is 6.56. The minimum atomic E-state index is -0.319. The van der Waals surface area contributed by atoms with Crippen molar-refractivity contribution in [1.29, 1.82) is 0 Å². The molecule has 0 aliphatic heterocycles. The van der Waals surface area contributed by atoms with E-state index in [1.54, 1.807) is 43.3 Å². The van der Waals surface area contributed by atoms with E-state index in [4.69, 9.17) is 9.47 Å². The molecule has 0 saturated carbocycles. The number of hydrogen-bond acceptors (Lipinski definition) is 4. The minimum Gasteiger partial charge on any atom is -0.493 e. The molecule has 1 amide bonds. The fourth-order valence-corrected chi connectivity index (χ4v) is 3.19. The number of rotatable bonds is 7. The lowest BCUT2D eigenvalue weighted by atomic mass is 10.1. The van der Waals surface area contributed by atoms with Gasteiger partial charge in [0, 0.05) is 0 Å². The Morgan fingerprint density at radius 2 is 1.83 bits per heavy atom. The normalized spacial score (nSPS) is 11.8. The van der Waals surface area contributed by atoms with E-state index in [9.17, 15) is 9.18 Å². The number of carbonyl (C=O) groups is 1. The number of nitrogens with one attached hydrogen (secondary N) is 1. The molecule has 1 aromatic heterocycles. The summed E-state index contributed by atoms with van der Waals surface area (Å²) in [5.41, 5.74) is 2.84. The summed E-state index contributed by atoms with van der Waals surface area (Å²) in [5, 5.41) is 7.34. The van der Waals surface area contributed by atoms with Crippen LogP contribution in [0.3, 0.4) is 0 Å². The minimum absolute atomic E-state index is 0.225. The van der Waals surface area contributed by atoms with Crippen LogP contribution in [0.15, 0.2) is 48.7 Å². The molecule has 1 unspecified atom stereocenters. The summed E-state index contributed by atoms with van der Waals surface area (Å²) in [5.74, 6) is 0.686. The molecule has 0 saturated heterocycles. The summed E-state index contributed by atoms with van der Waals surface area (Å²) < 4.78 is 25.5. The average Bonchev–Trinajstić information content (AvgIpc) is 3.17. The molecule has 1 heterocycles. The molecular weight excluding hydrogens is 373 g/mol. The number of carbonyl (C=O) groups excluding carboxylic acids is 1. The highest BCUT2D eigenvalue weighted by atomic mass is 19.1. The van der Waals surface area contributed by atoms with Crippen LogP contribution in [0, 0.1) is 5.82 Å². The first-order valence-electron chi connectivity index (χ1n) is 9.34. The van der Waals surface area contributed by atoms with Crippen LogP contribution in [0.2, 0.25) is 0 Å². The Morgan fingerprint density at radius 1 is 1.14 bits per heavy atom. The molecule has 3 rings (SSSR count). The van der Waals surface area contributed by atoms with E-state index >= 15 is 0 Å². The molecule has 0 aliphatic rings. The third kappa shape index (κ3) is 4.23. The van der Waals surface area contributed by atoms with Gasteiger partial charge in [-0.3, -0.25) is 4.79 Å². The molecule has 7 heteroatoms. The van der Waals surface area contributed by atoms with Crippen LogP contribution in [0.4, 0.5) is 4.39 Å². The van der Waals surface area contributed by atoms with Crippen molar-refractivity contribution < 1.29 is 18.7 Å². The summed E-state index contributed by atoms with van der Waals surface area (Å²) in [7, 11) is 3.15. The molecule has 0 aliphatic carbocycles. The summed E-state index contributed by atoms with van der Waals surface area (Å²) in [6, 6.07) is 11.3. The van der Waals surface area contributed by atoms with Gasteiger partial charge in [-0.25, -0.2) is 9.07 Å². The number of hydrogen-bond donors (Lipinski definition) is 1. The Bertz CT molecular complexity index is 999. The molecule has 0 spiro atoms. The molecule has 0 bridgehead atoms. The van der Waals surface area contributed by atoms with E-state index in [1.165, 1.54) is 12.1 Å². The first-order chi connectivity index (χ1) is 14.0. The lowest BCUT2D eigenvalue weighted by Gasteiger charge is -2.17. The zero-order valence-corrected chi connectivity index (χ0v) is 16.9. The number of aromatic nitrogens is 2. The number of halogens is 1. The van der Waals surface area contributed by atoms with E-state index in [0.717, 1.165) is 11.3 Å². The smallest absolute Gasteiger partial charge is 0.255 e. The van der Waals surface area contributed by atoms with Crippen LogP contribution < -0.4 is 14.8 Å². The Hall–Kier alpha value is -3.35. The Kier molecular flexibility index (Phi) is 6.16. The molecule has 1 N–H and O–H groups in total. The lowest BCUT2D eigenvalue weighted by molar-refractivity contribution is 0.0939. The Morgan fingerprint density at radius 3 is 2.45 bits per heavy atom. The van der Waals surface area contributed by atoms with Gasteiger partial charge in [0.05, 0.1) is 43.4 Å². The van der Waals surface area contributed by atoms with Crippen molar-refractivity contribution in [2.24, 2.45) is 0 Å². The maximum Gasteiger partial charge on any atom is 0.255 e. The highest BCUT2D eigenvalue weighted by molar-refractivity contribution is 5.95. The highest BCUT2D eigenvalue weighted by Crippen LogP contribution is 2.30. The summed E-state index contributed by atoms with van der Waals surface area (Å²) in [6.45, 7) is 3.85. The van der Waals surface area contributed by atoms with Gasteiger partial charge in [-0.2, -0.15) is 5.10 Å². The molecule has 1 atom stereocenters. The van der Waals surface area contributed by atoms with Crippen LogP contribution in [0.25, 0.3) is 5.69 Å². The molecule has 6 nitrogen and oxygen atoms in total. The standard InChI is InChI=1S/C22H24FN3O3/c1-5-19-18(13-24-26(19)17-9-7-16(23)8-10-17)22(27)25-14(2)15-6-11-20(28-3)21(12-15)29-4/h6-14H,5H2,1-4H3,(H,25,27). The number of ether oxygens (including phenoxy) is 2. The average molecular weight is 397 g/mol. The Labute approximate surface area is 169 Å². The predicted molar refractivity (Wildman–Crippen MR) is 108 cm³/mol. The van der Waals surface area contributed by atoms with E-state index in [0.29, 0.717) is 29.2 Å². The largest absolute Gasteiger partial charge is 0.493 e. The van der Waals surface area contributed by atoms with Gasteiger partial charge in [-0.15, -0.1) is 0 Å². The third-order valence-corrected chi connectivity index (χ3v) is 4.77. The SMILES string of the molecule is CCc1c(C(=O)NC(C)c2ccc(OC)c(OC)c2)cnn1-c1ccc(F)cc1. The Balaban J connectivity index is 1.83. The zero-order valence-electron chi connectivity index (χ0n) is 16.9. The summed E-state index contributed by atoms with van der Waals surface area (Å²) in [6.07, 6.45) is 2.14. The quantitative estimate of drug-likeness (QED) is 0.652. The zero-order chi connectivity index (χ0) is 21.0. The van der Waals surface area contributed by atoms with Gasteiger partial charge < -0.3 is 14.8 Å². The number of amides is 1. The van der Waals surface area contributed by atoms with E-state index < -0.39 is 0 Å². The predicted octanol–water partition coefficient (Wildman–Crippen LogP) is 4.08. The van der Waals surface area contributed by atoms with Crippen LogP contribution >= 0.6 is 0 Å². The lowest BCUT2D eigenvalue weighted by Crippen LogP contribution is -2.27. The topological polar surface area (TPSA) is 65.4 Å². The second kappa shape index (κ2) is 8.77. The first kappa shape index (κ1) is 20.4. The van der Waals surface area contributed by atoms with Crippen molar-refractivity contribution in [3.8, 4) is 17.2 Å². The fourth-order valence-electron chi connectivity index (χ4n) is 3.19. The van der Waals surface area contributed by atoms with Gasteiger partial charge in [0.2, 0.25) is 0 Å². The van der Waals surface area contributed by atoms with E-state index in [-0.39, 0.29) is 17.8 Å². The summed E-state index contributed by atoms with van der Waals surface area (Å²) >= 11 is 0. The van der Waals surface area contributed by atoms with Crippen molar-refractivity contribution in [3.63, 3.8) is 0 Å². The number of nitrogens with zero attached hydrogens (tertiary/aromatic N) is 2. The van der Waals surface area contributed by atoms with Crippen LogP contribution in [0.5, 0.6) is 11.5 Å². The van der Waals surface area contributed by atoms with Crippen molar-refractivity contribution in [3.05, 3.63) is 71.3 Å². The van der Waals surface area contributed by atoms with Crippen molar-refractivity contribution >= 4 is 5.91 Å². The van der Waals surface area contributed by atoms with Gasteiger partial charge in [0.15, 0.2) is 11.5 Å². The van der Waals surface area contributed by atoms with Crippen molar-refractivity contribution in [1.82, 2.24) is 15.1 Å². The van der Waals surface area contributed by atoms with Gasteiger partial charge in [0.25, 0.3) is 5.91 Å². The van der Waals surface area contributed by atoms with Gasteiger partial charge in [0.1, 0.15) is 5.82 Å². The number of methoxy groups -OCH3 is 2. The van der Waals surface area contributed by atoms with E-state index in [2.05, 4.69) is 10.4 Å². The molecule has 2 aromatic carbocycles. The van der Waals surface area contributed by atoms with E-state index in [1.807, 2.05) is 26.0 Å². The van der Waals surface area contributed by atoms with Gasteiger partial charge in [-0.05, 0) is 55.3 Å². The van der Waals surface area contributed by atoms with Crippen LogP contribution in [-0.4, -0.2) is 29.9 Å². The maximum absolute atomic E-state index is 13.2. The summed E-state index contributed by atoms with van der Waals surface area (Å²) in [4.78, 5) is 12.9. The monoisotopic (exact) mass is 397 g/mol. The molecular formula is C22H24FN3O3. The molecule has 0 fully saturated rings. The number of benzene rings is 2. The molecule has 152 valence electrons. The van der Waals surface area contributed by atoms with Gasteiger partial charge in [-0.1, -0.05) is 13.0 Å². The fraction of sp³-hybridized carbons (Fsp3) is 0.273. The van der Waals surface area contributed by atoms with Crippen LogP contribution in [-0.2, 0) is 6.42 Å². The second-order valence-electron chi connectivity index (χ2n) is 6.56. The van der Waals surface area contributed by atoms with Crippen molar-refractivity contribution in [2.45, 2.75) is 26.3 Å². The molecule has 0 radical (unpaired) electrons.